The summed E-state index contributed by atoms with van der Waals surface area (Å²) in [5, 5.41) is 3.66. The van der Waals surface area contributed by atoms with E-state index in [0.29, 0.717) is 17.5 Å². The third-order valence-corrected chi connectivity index (χ3v) is 3.58. The Labute approximate surface area is 111 Å². The molecular weight excluding hydrogens is 220 g/mol. The molecule has 0 unspecified atom stereocenters. The lowest BCUT2D eigenvalue weighted by Crippen LogP contribution is -2.53. The second-order valence-electron chi connectivity index (χ2n) is 6.71. The summed E-state index contributed by atoms with van der Waals surface area (Å²) in [4.78, 5) is 2.62. The Kier molecular flexibility index (Phi) is 4.08. The van der Waals surface area contributed by atoms with Crippen LogP contribution in [0.4, 0.5) is 0 Å². The van der Waals surface area contributed by atoms with Gasteiger partial charge in [-0.3, -0.25) is 4.90 Å². The Morgan fingerprint density at radius 3 is 2.50 bits per heavy atom. The molecule has 1 heterocycles. The fourth-order valence-corrected chi connectivity index (χ4v) is 2.66. The molecule has 0 spiro atoms. The highest BCUT2D eigenvalue weighted by molar-refractivity contribution is 5.20. The number of piperazine rings is 1. The summed E-state index contributed by atoms with van der Waals surface area (Å²) in [7, 11) is 0. The molecule has 2 atom stereocenters. The molecule has 1 aliphatic heterocycles. The molecule has 2 nitrogen and oxygen atoms in total. The summed E-state index contributed by atoms with van der Waals surface area (Å²) >= 11 is 0. The highest BCUT2D eigenvalue weighted by Crippen LogP contribution is 2.23. The predicted molar refractivity (Wildman–Crippen MR) is 77.7 cm³/mol. The predicted octanol–water partition coefficient (Wildman–Crippen LogP) is 3.07. The van der Waals surface area contributed by atoms with Crippen molar-refractivity contribution in [1.82, 2.24) is 10.2 Å². The molecule has 0 bridgehead atoms. The van der Waals surface area contributed by atoms with Crippen LogP contribution >= 0.6 is 0 Å². The van der Waals surface area contributed by atoms with Crippen LogP contribution in [0.1, 0.15) is 39.3 Å². The summed E-state index contributed by atoms with van der Waals surface area (Å²) in [5.41, 5.74) is 1.77. The van der Waals surface area contributed by atoms with Crippen LogP contribution in [0.3, 0.4) is 0 Å². The first kappa shape index (κ1) is 13.6. The van der Waals surface area contributed by atoms with Crippen LogP contribution in [0.2, 0.25) is 0 Å². The largest absolute Gasteiger partial charge is 0.307 e. The van der Waals surface area contributed by atoms with Crippen LogP contribution in [0.25, 0.3) is 0 Å². The van der Waals surface area contributed by atoms with Crippen LogP contribution < -0.4 is 5.32 Å². The highest BCUT2D eigenvalue weighted by atomic mass is 15.2. The maximum atomic E-state index is 3.66. The SMILES string of the molecule is C[C@@H]1CN[C@@H](c2ccccc2)CN1CC(C)(C)C. The molecule has 1 aromatic carbocycles. The van der Waals surface area contributed by atoms with Gasteiger partial charge in [0.25, 0.3) is 0 Å². The van der Waals surface area contributed by atoms with Crippen molar-refractivity contribution in [2.75, 3.05) is 19.6 Å². The normalized spacial score (nSPS) is 26.2. The van der Waals surface area contributed by atoms with Gasteiger partial charge in [-0.05, 0) is 17.9 Å². The van der Waals surface area contributed by atoms with Crippen molar-refractivity contribution >= 4 is 0 Å². The van der Waals surface area contributed by atoms with Gasteiger partial charge in [-0.2, -0.15) is 0 Å². The van der Waals surface area contributed by atoms with Gasteiger partial charge in [0.15, 0.2) is 0 Å². The molecule has 1 N–H and O–H groups in total. The third kappa shape index (κ3) is 3.56. The Morgan fingerprint density at radius 1 is 1.22 bits per heavy atom. The van der Waals surface area contributed by atoms with E-state index in [1.807, 2.05) is 0 Å². The van der Waals surface area contributed by atoms with Crippen molar-refractivity contribution in [3.8, 4) is 0 Å². The van der Waals surface area contributed by atoms with Gasteiger partial charge in [-0.15, -0.1) is 0 Å². The van der Waals surface area contributed by atoms with Crippen LogP contribution in [0, 0.1) is 5.41 Å². The quantitative estimate of drug-likeness (QED) is 0.863. The lowest BCUT2D eigenvalue weighted by Gasteiger charge is -2.42. The molecule has 2 heteroatoms. The number of nitrogens with zero attached hydrogens (tertiary/aromatic N) is 1. The zero-order chi connectivity index (χ0) is 13.2. The van der Waals surface area contributed by atoms with E-state index in [0.717, 1.165) is 13.1 Å². The number of nitrogens with one attached hydrogen (secondary N) is 1. The summed E-state index contributed by atoms with van der Waals surface area (Å²) in [5.74, 6) is 0. The Hall–Kier alpha value is -0.860. The fraction of sp³-hybridized carbons (Fsp3) is 0.625. The minimum atomic E-state index is 0.368. The molecule has 18 heavy (non-hydrogen) atoms. The molecule has 0 saturated carbocycles. The van der Waals surface area contributed by atoms with E-state index in [4.69, 9.17) is 0 Å². The monoisotopic (exact) mass is 246 g/mol. The minimum Gasteiger partial charge on any atom is -0.307 e. The van der Waals surface area contributed by atoms with Gasteiger partial charge in [0.05, 0.1) is 0 Å². The van der Waals surface area contributed by atoms with Gasteiger partial charge in [-0.1, -0.05) is 51.1 Å². The molecule has 0 aliphatic carbocycles. The molecule has 2 rings (SSSR count). The maximum Gasteiger partial charge on any atom is 0.0449 e. The first-order valence-corrected chi connectivity index (χ1v) is 6.98. The number of hydrogen-bond donors (Lipinski definition) is 1. The Morgan fingerprint density at radius 2 is 1.89 bits per heavy atom. The second-order valence-corrected chi connectivity index (χ2v) is 6.71. The zero-order valence-corrected chi connectivity index (χ0v) is 12.1. The van der Waals surface area contributed by atoms with Gasteiger partial charge >= 0.3 is 0 Å². The van der Waals surface area contributed by atoms with E-state index in [9.17, 15) is 0 Å². The topological polar surface area (TPSA) is 15.3 Å². The van der Waals surface area contributed by atoms with Crippen LogP contribution in [-0.2, 0) is 0 Å². The first-order valence-electron chi connectivity index (χ1n) is 6.98. The van der Waals surface area contributed by atoms with Crippen molar-refractivity contribution in [1.29, 1.82) is 0 Å². The number of hydrogen-bond acceptors (Lipinski definition) is 2. The molecule has 100 valence electrons. The van der Waals surface area contributed by atoms with Gasteiger partial charge in [-0.25, -0.2) is 0 Å². The zero-order valence-electron chi connectivity index (χ0n) is 12.1. The molecule has 1 aromatic rings. The first-order chi connectivity index (χ1) is 8.46. The third-order valence-electron chi connectivity index (χ3n) is 3.58. The molecule has 1 saturated heterocycles. The van der Waals surface area contributed by atoms with E-state index in [2.05, 4.69) is 68.2 Å². The molecular formula is C16H26N2. The lowest BCUT2D eigenvalue weighted by atomic mass is 9.93. The number of benzene rings is 1. The van der Waals surface area contributed by atoms with Crippen molar-refractivity contribution in [2.45, 2.75) is 39.8 Å². The lowest BCUT2D eigenvalue weighted by molar-refractivity contribution is 0.0992. The standard InChI is InChI=1S/C16H26N2/c1-13-10-17-15(14-8-6-5-7-9-14)11-18(13)12-16(2,3)4/h5-9,13,15,17H,10-12H2,1-4H3/t13-,15-/m1/s1. The number of rotatable bonds is 2. The van der Waals surface area contributed by atoms with E-state index < -0.39 is 0 Å². The highest BCUT2D eigenvalue weighted by Gasteiger charge is 2.28. The Bertz CT molecular complexity index is 366. The van der Waals surface area contributed by atoms with E-state index >= 15 is 0 Å². The fourth-order valence-electron chi connectivity index (χ4n) is 2.66. The van der Waals surface area contributed by atoms with E-state index in [1.54, 1.807) is 0 Å². The van der Waals surface area contributed by atoms with E-state index in [-0.39, 0.29) is 0 Å². The van der Waals surface area contributed by atoms with Crippen molar-refractivity contribution in [3.05, 3.63) is 35.9 Å². The molecule has 1 fully saturated rings. The molecule has 0 amide bonds. The smallest absolute Gasteiger partial charge is 0.0449 e. The minimum absolute atomic E-state index is 0.368. The van der Waals surface area contributed by atoms with Gasteiger partial charge in [0.2, 0.25) is 0 Å². The summed E-state index contributed by atoms with van der Waals surface area (Å²) in [6.45, 7) is 12.6. The summed E-state index contributed by atoms with van der Waals surface area (Å²) in [6, 6.07) is 11.9. The van der Waals surface area contributed by atoms with Crippen molar-refractivity contribution < 1.29 is 0 Å². The second kappa shape index (κ2) is 5.41. The van der Waals surface area contributed by atoms with Crippen molar-refractivity contribution in [3.63, 3.8) is 0 Å². The summed E-state index contributed by atoms with van der Waals surface area (Å²) < 4.78 is 0. The van der Waals surface area contributed by atoms with Crippen LogP contribution in [0.15, 0.2) is 30.3 Å². The molecule has 0 radical (unpaired) electrons. The van der Waals surface area contributed by atoms with Crippen molar-refractivity contribution in [2.24, 2.45) is 5.41 Å². The van der Waals surface area contributed by atoms with Crippen LogP contribution in [0.5, 0.6) is 0 Å². The van der Waals surface area contributed by atoms with E-state index in [1.165, 1.54) is 12.1 Å². The van der Waals surface area contributed by atoms with Gasteiger partial charge in [0.1, 0.15) is 0 Å². The average Bonchev–Trinajstić information content (AvgIpc) is 2.31. The molecule has 1 aliphatic rings. The van der Waals surface area contributed by atoms with Crippen LogP contribution in [-0.4, -0.2) is 30.6 Å². The summed E-state index contributed by atoms with van der Waals surface area (Å²) in [6.07, 6.45) is 0. The van der Waals surface area contributed by atoms with Gasteiger partial charge < -0.3 is 5.32 Å². The Balaban J connectivity index is 2.05. The molecule has 0 aromatic heterocycles. The average molecular weight is 246 g/mol. The maximum absolute atomic E-state index is 3.66. The van der Waals surface area contributed by atoms with Gasteiger partial charge in [0, 0.05) is 31.7 Å².